The van der Waals surface area contributed by atoms with Crippen molar-refractivity contribution in [1.82, 2.24) is 15.4 Å². The number of nitrogens with zero attached hydrogens (tertiary/aromatic N) is 2. The highest BCUT2D eigenvalue weighted by molar-refractivity contribution is 7.98. The van der Waals surface area contributed by atoms with Gasteiger partial charge in [-0.05, 0) is 56.2 Å². The van der Waals surface area contributed by atoms with E-state index in [1.165, 1.54) is 16.9 Å². The van der Waals surface area contributed by atoms with Crippen LogP contribution < -0.4 is 5.32 Å². The number of carbonyl (C=O) groups is 1. The molecule has 1 amide bonds. The Morgan fingerprint density at radius 2 is 2.32 bits per heavy atom. The summed E-state index contributed by atoms with van der Waals surface area (Å²) in [6.07, 6.45) is 4.43. The molecule has 2 aromatic rings. The van der Waals surface area contributed by atoms with Crippen LogP contribution >= 0.6 is 11.8 Å². The second kappa shape index (κ2) is 8.54. The molecule has 3 rings (SSSR count). The van der Waals surface area contributed by atoms with E-state index >= 15 is 0 Å². The van der Waals surface area contributed by atoms with Crippen molar-refractivity contribution in [2.45, 2.75) is 31.2 Å². The quantitative estimate of drug-likeness (QED) is 0.802. The number of piperidine rings is 1. The summed E-state index contributed by atoms with van der Waals surface area (Å²) in [6, 6.07) is 10.4. The number of amides is 1. The third-order valence-corrected chi connectivity index (χ3v) is 5.28. The van der Waals surface area contributed by atoms with E-state index in [1.807, 2.05) is 0 Å². The minimum Gasteiger partial charge on any atom is -0.361 e. The lowest BCUT2D eigenvalue weighted by Crippen LogP contribution is -2.40. The summed E-state index contributed by atoms with van der Waals surface area (Å²) in [5.41, 5.74) is 1.72. The highest BCUT2D eigenvalue weighted by atomic mass is 32.2. The molecule has 1 aromatic heterocycles. The number of thioether (sulfide) groups is 1. The smallest absolute Gasteiger partial charge is 0.273 e. The number of aryl methyl sites for hydroxylation is 1. The lowest BCUT2D eigenvalue weighted by molar-refractivity contribution is 0.0921. The summed E-state index contributed by atoms with van der Waals surface area (Å²) < 4.78 is 4.96. The first-order valence-corrected chi connectivity index (χ1v) is 9.93. The lowest BCUT2D eigenvalue weighted by Gasteiger charge is -2.32. The number of benzene rings is 1. The maximum Gasteiger partial charge on any atom is 0.273 e. The second-order valence-electron chi connectivity index (χ2n) is 6.63. The number of hydrogen-bond acceptors (Lipinski definition) is 5. The average molecular weight is 359 g/mol. The molecular formula is C19H25N3O2S. The van der Waals surface area contributed by atoms with Crippen LogP contribution in [0.25, 0.3) is 0 Å². The molecule has 0 spiro atoms. The van der Waals surface area contributed by atoms with Crippen LogP contribution in [0.2, 0.25) is 0 Å². The standard InChI is InChI=1S/C19H25N3O2S/c1-14-9-18(21-24-14)19(23)20-11-16-6-4-8-22(13-16)12-15-5-3-7-17(10-15)25-2/h3,5,7,9-10,16H,4,6,8,11-13H2,1-2H3,(H,20,23)/t16-/m0/s1. The Labute approximate surface area is 153 Å². The van der Waals surface area contributed by atoms with Gasteiger partial charge in [0.25, 0.3) is 5.91 Å². The highest BCUT2D eigenvalue weighted by Crippen LogP contribution is 2.21. The molecule has 1 atom stereocenters. The Morgan fingerprint density at radius 1 is 1.44 bits per heavy atom. The van der Waals surface area contributed by atoms with E-state index in [0.29, 0.717) is 23.9 Å². The van der Waals surface area contributed by atoms with Gasteiger partial charge in [-0.15, -0.1) is 11.8 Å². The van der Waals surface area contributed by atoms with E-state index in [2.05, 4.69) is 45.9 Å². The maximum atomic E-state index is 12.1. The first-order valence-electron chi connectivity index (χ1n) is 8.71. The van der Waals surface area contributed by atoms with Crippen molar-refractivity contribution in [1.29, 1.82) is 0 Å². The van der Waals surface area contributed by atoms with Crippen molar-refractivity contribution < 1.29 is 9.32 Å². The Morgan fingerprint density at radius 3 is 3.08 bits per heavy atom. The Bertz CT molecular complexity index is 716. The van der Waals surface area contributed by atoms with Crippen LogP contribution in [0.5, 0.6) is 0 Å². The van der Waals surface area contributed by atoms with Gasteiger partial charge in [0.05, 0.1) is 0 Å². The molecule has 6 heteroatoms. The molecule has 2 heterocycles. The maximum absolute atomic E-state index is 12.1. The molecule has 5 nitrogen and oxygen atoms in total. The van der Waals surface area contributed by atoms with Gasteiger partial charge in [-0.1, -0.05) is 17.3 Å². The monoisotopic (exact) mass is 359 g/mol. The van der Waals surface area contributed by atoms with E-state index in [1.54, 1.807) is 24.8 Å². The molecule has 1 fully saturated rings. The zero-order valence-electron chi connectivity index (χ0n) is 14.8. The lowest BCUT2D eigenvalue weighted by atomic mass is 9.97. The van der Waals surface area contributed by atoms with Gasteiger partial charge >= 0.3 is 0 Å². The van der Waals surface area contributed by atoms with Gasteiger partial charge in [0.15, 0.2) is 5.69 Å². The number of rotatable bonds is 6. The van der Waals surface area contributed by atoms with E-state index in [0.717, 1.165) is 26.1 Å². The largest absolute Gasteiger partial charge is 0.361 e. The molecule has 1 N–H and O–H groups in total. The number of carbonyl (C=O) groups excluding carboxylic acids is 1. The van der Waals surface area contributed by atoms with Gasteiger partial charge in [-0.2, -0.15) is 0 Å². The minimum atomic E-state index is -0.151. The molecule has 1 aliphatic rings. The molecule has 0 radical (unpaired) electrons. The van der Waals surface area contributed by atoms with E-state index < -0.39 is 0 Å². The first-order chi connectivity index (χ1) is 12.1. The Hall–Kier alpha value is -1.79. The van der Waals surface area contributed by atoms with Gasteiger partial charge in [-0.25, -0.2) is 0 Å². The summed E-state index contributed by atoms with van der Waals surface area (Å²) in [5.74, 6) is 0.984. The summed E-state index contributed by atoms with van der Waals surface area (Å²) in [6.45, 7) is 5.58. The molecule has 1 aliphatic heterocycles. The van der Waals surface area contributed by atoms with Gasteiger partial charge in [0.1, 0.15) is 5.76 Å². The van der Waals surface area contributed by atoms with E-state index in [4.69, 9.17) is 4.52 Å². The fourth-order valence-corrected chi connectivity index (χ4v) is 3.78. The van der Waals surface area contributed by atoms with Crippen molar-refractivity contribution in [2.24, 2.45) is 5.92 Å². The van der Waals surface area contributed by atoms with Crippen molar-refractivity contribution in [3.63, 3.8) is 0 Å². The van der Waals surface area contributed by atoms with Gasteiger partial charge < -0.3 is 9.84 Å². The zero-order chi connectivity index (χ0) is 17.6. The molecule has 134 valence electrons. The fourth-order valence-electron chi connectivity index (χ4n) is 3.29. The second-order valence-corrected chi connectivity index (χ2v) is 7.51. The third-order valence-electron chi connectivity index (χ3n) is 4.56. The van der Waals surface area contributed by atoms with Crippen molar-refractivity contribution in [3.05, 3.63) is 47.3 Å². The molecule has 1 aromatic carbocycles. The number of hydrogen-bond donors (Lipinski definition) is 1. The van der Waals surface area contributed by atoms with Crippen LogP contribution in [0.1, 0.15) is 34.7 Å². The van der Waals surface area contributed by atoms with Crippen molar-refractivity contribution in [2.75, 3.05) is 25.9 Å². The summed E-state index contributed by atoms with van der Waals surface area (Å²) in [5, 5.41) is 6.76. The predicted octanol–water partition coefficient (Wildman–Crippen LogP) is 3.35. The van der Waals surface area contributed by atoms with Crippen LogP contribution in [-0.2, 0) is 6.54 Å². The van der Waals surface area contributed by atoms with Crippen molar-refractivity contribution in [3.8, 4) is 0 Å². The Balaban J connectivity index is 1.50. The Kier molecular flexibility index (Phi) is 6.15. The normalized spacial score (nSPS) is 18.2. The summed E-state index contributed by atoms with van der Waals surface area (Å²) in [4.78, 5) is 15.9. The average Bonchev–Trinajstić information content (AvgIpc) is 3.07. The summed E-state index contributed by atoms with van der Waals surface area (Å²) >= 11 is 1.78. The van der Waals surface area contributed by atoms with E-state index in [9.17, 15) is 4.79 Å². The van der Waals surface area contributed by atoms with Gasteiger partial charge in [0, 0.05) is 30.6 Å². The zero-order valence-corrected chi connectivity index (χ0v) is 15.6. The van der Waals surface area contributed by atoms with Crippen molar-refractivity contribution >= 4 is 17.7 Å². The minimum absolute atomic E-state index is 0.151. The number of likely N-dealkylation sites (tertiary alicyclic amines) is 1. The van der Waals surface area contributed by atoms with Crippen LogP contribution in [0.4, 0.5) is 0 Å². The fraction of sp³-hybridized carbons (Fsp3) is 0.474. The molecule has 0 saturated carbocycles. The molecule has 0 unspecified atom stereocenters. The van der Waals surface area contributed by atoms with Gasteiger partial charge in [-0.3, -0.25) is 9.69 Å². The summed E-state index contributed by atoms with van der Waals surface area (Å²) in [7, 11) is 0. The molecule has 25 heavy (non-hydrogen) atoms. The topological polar surface area (TPSA) is 58.4 Å². The van der Waals surface area contributed by atoms with Crippen LogP contribution in [0.15, 0.2) is 39.8 Å². The highest BCUT2D eigenvalue weighted by Gasteiger charge is 2.21. The van der Waals surface area contributed by atoms with Crippen LogP contribution in [0.3, 0.4) is 0 Å². The molecule has 0 bridgehead atoms. The number of nitrogens with one attached hydrogen (secondary N) is 1. The van der Waals surface area contributed by atoms with Gasteiger partial charge in [0.2, 0.25) is 0 Å². The third kappa shape index (κ3) is 5.09. The first kappa shape index (κ1) is 18.0. The SMILES string of the molecule is CSc1cccc(CN2CCC[C@@H](CNC(=O)c3cc(C)on3)C2)c1. The number of aromatic nitrogens is 1. The van der Waals surface area contributed by atoms with E-state index in [-0.39, 0.29) is 5.91 Å². The molecule has 1 saturated heterocycles. The molecular weight excluding hydrogens is 334 g/mol. The van der Waals surface area contributed by atoms with Crippen LogP contribution in [-0.4, -0.2) is 41.9 Å². The molecule has 0 aliphatic carbocycles. The predicted molar refractivity (Wildman–Crippen MR) is 99.8 cm³/mol. The van der Waals surface area contributed by atoms with Crippen LogP contribution in [0, 0.1) is 12.8 Å².